The largest absolute Gasteiger partial charge is 0.378 e. The predicted octanol–water partition coefficient (Wildman–Crippen LogP) is 2.66. The summed E-state index contributed by atoms with van der Waals surface area (Å²) >= 11 is 0. The van der Waals surface area contributed by atoms with E-state index in [-0.39, 0.29) is 0 Å². The molecule has 2 heterocycles. The topological polar surface area (TPSA) is 37.4 Å². The van der Waals surface area contributed by atoms with Gasteiger partial charge in [0.2, 0.25) is 0 Å². The fourth-order valence-electron chi connectivity index (χ4n) is 2.97. The molecule has 1 aliphatic carbocycles. The molecule has 19 heavy (non-hydrogen) atoms. The van der Waals surface area contributed by atoms with Crippen molar-refractivity contribution < 1.29 is 4.74 Å². The molecule has 1 aliphatic heterocycles. The Labute approximate surface area is 115 Å². The molecule has 4 nitrogen and oxygen atoms in total. The SMILES string of the molecule is c1cc(N2CCOCC2)cc(NC2CCCCC2)n1. The monoisotopic (exact) mass is 261 g/mol. The maximum atomic E-state index is 5.40. The van der Waals surface area contributed by atoms with Gasteiger partial charge in [0, 0.05) is 37.1 Å². The van der Waals surface area contributed by atoms with Crippen LogP contribution in [0, 0.1) is 0 Å². The van der Waals surface area contributed by atoms with Crippen LogP contribution in [0.5, 0.6) is 0 Å². The number of morpholine rings is 1. The molecule has 1 saturated heterocycles. The van der Waals surface area contributed by atoms with E-state index in [1.165, 1.54) is 37.8 Å². The number of nitrogens with one attached hydrogen (secondary N) is 1. The molecule has 0 atom stereocenters. The first kappa shape index (κ1) is 12.7. The second kappa shape index (κ2) is 6.24. The van der Waals surface area contributed by atoms with Crippen LogP contribution in [0.25, 0.3) is 0 Å². The van der Waals surface area contributed by atoms with Crippen LogP contribution in [0.4, 0.5) is 11.5 Å². The molecule has 2 fully saturated rings. The molecule has 1 aromatic rings. The van der Waals surface area contributed by atoms with E-state index >= 15 is 0 Å². The summed E-state index contributed by atoms with van der Waals surface area (Å²) in [7, 11) is 0. The first-order valence-electron chi connectivity index (χ1n) is 7.47. The molecule has 0 radical (unpaired) electrons. The van der Waals surface area contributed by atoms with Gasteiger partial charge in [-0.25, -0.2) is 4.98 Å². The lowest BCUT2D eigenvalue weighted by Gasteiger charge is -2.29. The van der Waals surface area contributed by atoms with E-state index < -0.39 is 0 Å². The summed E-state index contributed by atoms with van der Waals surface area (Å²) < 4.78 is 5.40. The minimum atomic E-state index is 0.612. The first-order valence-corrected chi connectivity index (χ1v) is 7.47. The van der Waals surface area contributed by atoms with E-state index in [4.69, 9.17) is 4.74 Å². The highest BCUT2D eigenvalue weighted by atomic mass is 16.5. The van der Waals surface area contributed by atoms with Crippen molar-refractivity contribution >= 4 is 11.5 Å². The van der Waals surface area contributed by atoms with Crippen molar-refractivity contribution in [2.75, 3.05) is 36.5 Å². The minimum absolute atomic E-state index is 0.612. The summed E-state index contributed by atoms with van der Waals surface area (Å²) in [6, 6.07) is 4.89. The van der Waals surface area contributed by atoms with Gasteiger partial charge in [-0.3, -0.25) is 0 Å². The van der Waals surface area contributed by atoms with Crippen LogP contribution in [0.2, 0.25) is 0 Å². The van der Waals surface area contributed by atoms with E-state index in [0.29, 0.717) is 6.04 Å². The van der Waals surface area contributed by atoms with Crippen molar-refractivity contribution in [1.82, 2.24) is 4.98 Å². The van der Waals surface area contributed by atoms with Crippen molar-refractivity contribution in [3.8, 4) is 0 Å². The fraction of sp³-hybridized carbons (Fsp3) is 0.667. The normalized spacial score (nSPS) is 21.4. The number of aromatic nitrogens is 1. The molecule has 0 bridgehead atoms. The molecule has 0 aromatic carbocycles. The van der Waals surface area contributed by atoms with Gasteiger partial charge in [-0.05, 0) is 18.9 Å². The molecule has 1 aromatic heterocycles. The molecule has 104 valence electrons. The predicted molar refractivity (Wildman–Crippen MR) is 77.8 cm³/mol. The zero-order valence-corrected chi connectivity index (χ0v) is 11.5. The zero-order valence-electron chi connectivity index (χ0n) is 11.5. The van der Waals surface area contributed by atoms with Crippen molar-refractivity contribution in [2.24, 2.45) is 0 Å². The maximum absolute atomic E-state index is 5.40. The second-order valence-electron chi connectivity index (χ2n) is 5.48. The van der Waals surface area contributed by atoms with Gasteiger partial charge >= 0.3 is 0 Å². The Morgan fingerprint density at radius 1 is 1.16 bits per heavy atom. The minimum Gasteiger partial charge on any atom is -0.378 e. The summed E-state index contributed by atoms with van der Waals surface area (Å²) in [4.78, 5) is 6.83. The summed E-state index contributed by atoms with van der Waals surface area (Å²) in [5, 5.41) is 3.59. The fourth-order valence-corrected chi connectivity index (χ4v) is 2.97. The van der Waals surface area contributed by atoms with E-state index in [1.54, 1.807) is 0 Å². The Bertz CT molecular complexity index is 398. The molecule has 1 saturated carbocycles. The quantitative estimate of drug-likeness (QED) is 0.907. The molecule has 0 unspecified atom stereocenters. The van der Waals surface area contributed by atoms with Crippen molar-refractivity contribution in [3.63, 3.8) is 0 Å². The zero-order chi connectivity index (χ0) is 12.9. The molecule has 0 amide bonds. The van der Waals surface area contributed by atoms with Crippen LogP contribution in [0.1, 0.15) is 32.1 Å². The van der Waals surface area contributed by atoms with E-state index in [0.717, 1.165) is 32.1 Å². The lowest BCUT2D eigenvalue weighted by molar-refractivity contribution is 0.122. The Kier molecular flexibility index (Phi) is 4.18. The molecular formula is C15H23N3O. The van der Waals surface area contributed by atoms with Gasteiger partial charge < -0.3 is 15.0 Å². The van der Waals surface area contributed by atoms with Gasteiger partial charge in [-0.15, -0.1) is 0 Å². The summed E-state index contributed by atoms with van der Waals surface area (Å²) in [5.41, 5.74) is 1.26. The molecule has 2 aliphatic rings. The van der Waals surface area contributed by atoms with Gasteiger partial charge in [0.15, 0.2) is 0 Å². The third-order valence-electron chi connectivity index (χ3n) is 4.08. The standard InChI is InChI=1S/C15H23N3O/c1-2-4-13(5-3-1)17-15-12-14(6-7-16-15)18-8-10-19-11-9-18/h6-7,12-13H,1-5,8-11H2,(H,16,17). The second-order valence-corrected chi connectivity index (χ2v) is 5.48. The molecular weight excluding hydrogens is 238 g/mol. The third kappa shape index (κ3) is 3.38. The number of anilines is 2. The molecule has 3 rings (SSSR count). The van der Waals surface area contributed by atoms with E-state index in [2.05, 4.69) is 27.3 Å². The van der Waals surface area contributed by atoms with Crippen LogP contribution in [0.15, 0.2) is 18.3 Å². The third-order valence-corrected chi connectivity index (χ3v) is 4.08. The molecule has 0 spiro atoms. The van der Waals surface area contributed by atoms with Crippen LogP contribution in [-0.4, -0.2) is 37.3 Å². The summed E-state index contributed by atoms with van der Waals surface area (Å²) in [5.74, 6) is 1.02. The van der Waals surface area contributed by atoms with Gasteiger partial charge in [0.05, 0.1) is 13.2 Å². The first-order chi connectivity index (χ1) is 9.42. The number of hydrogen-bond donors (Lipinski definition) is 1. The number of nitrogens with zero attached hydrogens (tertiary/aromatic N) is 2. The van der Waals surface area contributed by atoms with Gasteiger partial charge in [-0.1, -0.05) is 19.3 Å². The Morgan fingerprint density at radius 2 is 1.95 bits per heavy atom. The highest BCUT2D eigenvalue weighted by molar-refractivity contribution is 5.54. The Morgan fingerprint density at radius 3 is 2.74 bits per heavy atom. The molecule has 1 N–H and O–H groups in total. The number of rotatable bonds is 3. The van der Waals surface area contributed by atoms with Crippen LogP contribution < -0.4 is 10.2 Å². The summed E-state index contributed by atoms with van der Waals surface area (Å²) in [6.45, 7) is 3.61. The average molecular weight is 261 g/mol. The van der Waals surface area contributed by atoms with Crippen LogP contribution in [-0.2, 0) is 4.74 Å². The molecule has 4 heteroatoms. The van der Waals surface area contributed by atoms with Crippen LogP contribution in [0.3, 0.4) is 0 Å². The highest BCUT2D eigenvalue weighted by Gasteiger charge is 2.15. The lowest BCUT2D eigenvalue weighted by atomic mass is 9.95. The number of ether oxygens (including phenoxy) is 1. The van der Waals surface area contributed by atoms with Crippen molar-refractivity contribution in [2.45, 2.75) is 38.1 Å². The highest BCUT2D eigenvalue weighted by Crippen LogP contribution is 2.23. The van der Waals surface area contributed by atoms with Gasteiger partial charge in [0.25, 0.3) is 0 Å². The Hall–Kier alpha value is -1.29. The van der Waals surface area contributed by atoms with Gasteiger partial charge in [0.1, 0.15) is 5.82 Å². The Balaban J connectivity index is 1.64. The van der Waals surface area contributed by atoms with Crippen LogP contribution >= 0.6 is 0 Å². The maximum Gasteiger partial charge on any atom is 0.128 e. The van der Waals surface area contributed by atoms with E-state index in [1.807, 2.05) is 6.20 Å². The van der Waals surface area contributed by atoms with E-state index in [9.17, 15) is 0 Å². The van der Waals surface area contributed by atoms with Crippen molar-refractivity contribution in [3.05, 3.63) is 18.3 Å². The number of hydrogen-bond acceptors (Lipinski definition) is 4. The smallest absolute Gasteiger partial charge is 0.128 e. The number of pyridine rings is 1. The lowest BCUT2D eigenvalue weighted by Crippen LogP contribution is -2.36. The van der Waals surface area contributed by atoms with Gasteiger partial charge in [-0.2, -0.15) is 0 Å². The van der Waals surface area contributed by atoms with Crippen molar-refractivity contribution in [1.29, 1.82) is 0 Å². The summed E-state index contributed by atoms with van der Waals surface area (Å²) in [6.07, 6.45) is 8.56. The average Bonchev–Trinajstić information content (AvgIpc) is 2.49.